The number of imidazole rings is 1. The number of likely N-dealkylation sites (N-methyl/N-ethyl adjacent to an activating group) is 1. The topological polar surface area (TPSA) is 56.1 Å². The predicted molar refractivity (Wildman–Crippen MR) is 77.3 cm³/mol. The van der Waals surface area contributed by atoms with E-state index in [9.17, 15) is 4.79 Å². The fourth-order valence-corrected chi connectivity index (χ4v) is 3.00. The molecule has 0 radical (unpaired) electrons. The van der Waals surface area contributed by atoms with Crippen molar-refractivity contribution >= 4 is 22.2 Å². The molecule has 2 heterocycles. The van der Waals surface area contributed by atoms with Crippen LogP contribution in [0.4, 0.5) is 0 Å². The van der Waals surface area contributed by atoms with Crippen molar-refractivity contribution in [1.29, 1.82) is 0 Å². The lowest BCUT2D eigenvalue weighted by Crippen LogP contribution is -2.36. The monoisotopic (exact) mass is 297 g/mol. The Morgan fingerprint density at radius 3 is 2.70 bits per heavy atom. The molecule has 6 nitrogen and oxygen atoms in total. The fourth-order valence-electron chi connectivity index (χ4n) is 2.08. The Bertz CT molecular complexity index is 616. The number of aromatic nitrogens is 2. The van der Waals surface area contributed by atoms with Gasteiger partial charge in [-0.05, 0) is 13.8 Å². The number of carbonyl (C=O) groups is 1. The fraction of sp³-hybridized carbons (Fsp3) is 0.538. The molecule has 7 heteroatoms. The molecule has 2 aromatic heterocycles. The highest BCUT2D eigenvalue weighted by Crippen LogP contribution is 2.21. The second kappa shape index (κ2) is 5.90. The number of aryl methyl sites for hydroxylation is 2. The van der Waals surface area contributed by atoms with E-state index in [1.807, 2.05) is 23.6 Å². The van der Waals surface area contributed by atoms with E-state index in [1.165, 1.54) is 11.3 Å². The third-order valence-electron chi connectivity index (χ3n) is 3.21. The molecule has 0 spiro atoms. The maximum Gasteiger partial charge on any atom is 0.272 e. The summed E-state index contributed by atoms with van der Waals surface area (Å²) in [6.45, 7) is 4.18. The van der Waals surface area contributed by atoms with Gasteiger partial charge in [-0.1, -0.05) is 0 Å². The number of rotatable bonds is 5. The number of hydrogen-bond donors (Lipinski definition) is 0. The summed E-state index contributed by atoms with van der Waals surface area (Å²) >= 11 is 1.53. The van der Waals surface area contributed by atoms with Crippen LogP contribution >= 0.6 is 11.3 Å². The molecule has 0 atom stereocenters. The molecule has 0 aliphatic carbocycles. The van der Waals surface area contributed by atoms with Gasteiger partial charge in [0, 0.05) is 32.3 Å². The first-order chi connectivity index (χ1) is 9.49. The summed E-state index contributed by atoms with van der Waals surface area (Å²) in [7, 11) is 4.84. The highest BCUT2D eigenvalue weighted by molar-refractivity contribution is 7.15. The number of nitrogens with zero attached hydrogens (tertiary/aromatic N) is 3. The molecular formula is C13H19N3O3S. The normalized spacial score (nSPS) is 11.5. The van der Waals surface area contributed by atoms with E-state index in [0.29, 0.717) is 12.2 Å². The summed E-state index contributed by atoms with van der Waals surface area (Å²) < 4.78 is 12.2. The molecule has 20 heavy (non-hydrogen) atoms. The molecule has 1 amide bonds. The zero-order valence-electron chi connectivity index (χ0n) is 12.3. The second-order valence-electron chi connectivity index (χ2n) is 4.63. The molecule has 2 rings (SSSR count). The molecule has 2 aromatic rings. The number of hydrogen-bond acceptors (Lipinski definition) is 5. The Morgan fingerprint density at radius 1 is 1.45 bits per heavy atom. The van der Waals surface area contributed by atoms with Gasteiger partial charge in [-0.15, -0.1) is 11.3 Å². The minimum absolute atomic E-state index is 0.0874. The van der Waals surface area contributed by atoms with Crippen LogP contribution < -0.4 is 0 Å². The molecule has 0 saturated carbocycles. The van der Waals surface area contributed by atoms with Crippen molar-refractivity contribution in [2.24, 2.45) is 0 Å². The molecule has 0 bridgehead atoms. The summed E-state index contributed by atoms with van der Waals surface area (Å²) in [5, 5.41) is 1.99. The Kier molecular flexibility index (Phi) is 4.42. The average molecular weight is 297 g/mol. The van der Waals surface area contributed by atoms with Gasteiger partial charge in [0.2, 0.25) is 0 Å². The molecule has 110 valence electrons. The highest BCUT2D eigenvalue weighted by Gasteiger charge is 2.23. The van der Waals surface area contributed by atoms with Crippen LogP contribution in [0.1, 0.15) is 21.9 Å². The SMILES string of the molecule is COC(CN(C)C(=O)c1c(C)nc2scc(C)n12)OC. The quantitative estimate of drug-likeness (QED) is 0.788. The lowest BCUT2D eigenvalue weighted by Gasteiger charge is -2.22. The summed E-state index contributed by atoms with van der Waals surface area (Å²) in [6, 6.07) is 0. The van der Waals surface area contributed by atoms with E-state index < -0.39 is 6.29 Å². The van der Waals surface area contributed by atoms with E-state index >= 15 is 0 Å². The van der Waals surface area contributed by atoms with Gasteiger partial charge < -0.3 is 14.4 Å². The second-order valence-corrected chi connectivity index (χ2v) is 5.46. The molecule has 0 aromatic carbocycles. The van der Waals surface area contributed by atoms with E-state index in [0.717, 1.165) is 16.3 Å². The minimum atomic E-state index is -0.434. The van der Waals surface area contributed by atoms with Crippen molar-refractivity contribution in [2.45, 2.75) is 20.1 Å². The predicted octanol–water partition coefficient (Wildman–Crippen LogP) is 1.70. The molecule has 0 aliphatic heterocycles. The molecule has 0 N–H and O–H groups in total. The van der Waals surface area contributed by atoms with E-state index in [2.05, 4.69) is 4.98 Å². The smallest absolute Gasteiger partial charge is 0.272 e. The lowest BCUT2D eigenvalue weighted by molar-refractivity contribution is -0.110. The lowest BCUT2D eigenvalue weighted by atomic mass is 10.3. The first kappa shape index (κ1) is 15.0. The van der Waals surface area contributed by atoms with Crippen molar-refractivity contribution in [3.8, 4) is 0 Å². The molecule has 0 saturated heterocycles. The van der Waals surface area contributed by atoms with Crippen LogP contribution in [-0.4, -0.2) is 54.3 Å². The van der Waals surface area contributed by atoms with Crippen LogP contribution in [0.3, 0.4) is 0 Å². The number of amides is 1. The standard InChI is InChI=1S/C13H19N3O3S/c1-8-7-20-13-14-9(2)11(16(8)13)12(17)15(3)6-10(18-4)19-5/h7,10H,6H2,1-5H3. The van der Waals surface area contributed by atoms with Crippen LogP contribution in [0, 0.1) is 13.8 Å². The van der Waals surface area contributed by atoms with E-state index in [1.54, 1.807) is 26.2 Å². The summed E-state index contributed by atoms with van der Waals surface area (Å²) in [5.74, 6) is -0.0874. The summed E-state index contributed by atoms with van der Waals surface area (Å²) in [4.78, 5) is 19.5. The van der Waals surface area contributed by atoms with E-state index in [-0.39, 0.29) is 5.91 Å². The third kappa shape index (κ3) is 2.56. The summed E-state index contributed by atoms with van der Waals surface area (Å²) in [5.41, 5.74) is 2.35. The number of ether oxygens (including phenoxy) is 2. The molecule has 0 unspecified atom stereocenters. The number of thiazole rings is 1. The Balaban J connectivity index is 2.31. The average Bonchev–Trinajstić information content (AvgIpc) is 2.94. The first-order valence-corrected chi connectivity index (χ1v) is 7.11. The van der Waals surface area contributed by atoms with Crippen molar-refractivity contribution in [3.05, 3.63) is 22.5 Å². The summed E-state index contributed by atoms with van der Waals surface area (Å²) in [6.07, 6.45) is -0.434. The van der Waals surface area contributed by atoms with Crippen LogP contribution in [0.5, 0.6) is 0 Å². The molecule has 0 fully saturated rings. The van der Waals surface area contributed by atoms with Crippen molar-refractivity contribution in [1.82, 2.24) is 14.3 Å². The van der Waals surface area contributed by atoms with Crippen molar-refractivity contribution < 1.29 is 14.3 Å². The van der Waals surface area contributed by atoms with Gasteiger partial charge in [0.05, 0.1) is 12.2 Å². The zero-order valence-corrected chi connectivity index (χ0v) is 13.2. The van der Waals surface area contributed by atoms with Crippen LogP contribution in [0.15, 0.2) is 5.38 Å². The van der Waals surface area contributed by atoms with Crippen LogP contribution in [0.2, 0.25) is 0 Å². The van der Waals surface area contributed by atoms with Gasteiger partial charge in [0.25, 0.3) is 5.91 Å². The van der Waals surface area contributed by atoms with Crippen molar-refractivity contribution in [3.63, 3.8) is 0 Å². The van der Waals surface area contributed by atoms with Gasteiger partial charge in [-0.3, -0.25) is 9.20 Å². The van der Waals surface area contributed by atoms with Gasteiger partial charge in [-0.25, -0.2) is 4.98 Å². The minimum Gasteiger partial charge on any atom is -0.354 e. The third-order valence-corrected chi connectivity index (χ3v) is 4.15. The number of fused-ring (bicyclic) bond motifs is 1. The Labute approximate surface area is 121 Å². The van der Waals surface area contributed by atoms with Gasteiger partial charge in [-0.2, -0.15) is 0 Å². The maximum atomic E-state index is 12.6. The Morgan fingerprint density at radius 2 is 2.10 bits per heavy atom. The Hall–Kier alpha value is -1.44. The molecular weight excluding hydrogens is 278 g/mol. The van der Waals surface area contributed by atoms with Gasteiger partial charge in [0.15, 0.2) is 11.3 Å². The maximum absolute atomic E-state index is 12.6. The number of methoxy groups -OCH3 is 2. The molecule has 0 aliphatic rings. The zero-order chi connectivity index (χ0) is 14.9. The van der Waals surface area contributed by atoms with Crippen LogP contribution in [-0.2, 0) is 9.47 Å². The highest BCUT2D eigenvalue weighted by atomic mass is 32.1. The number of carbonyl (C=O) groups excluding carboxylic acids is 1. The van der Waals surface area contributed by atoms with Gasteiger partial charge in [0.1, 0.15) is 5.69 Å². The van der Waals surface area contributed by atoms with E-state index in [4.69, 9.17) is 9.47 Å². The van der Waals surface area contributed by atoms with Crippen molar-refractivity contribution in [2.75, 3.05) is 27.8 Å². The first-order valence-electron chi connectivity index (χ1n) is 6.23. The van der Waals surface area contributed by atoms with Gasteiger partial charge >= 0.3 is 0 Å². The van der Waals surface area contributed by atoms with Crippen LogP contribution in [0.25, 0.3) is 4.96 Å². The largest absolute Gasteiger partial charge is 0.354 e.